The van der Waals surface area contributed by atoms with Crippen LogP contribution in [0.15, 0.2) is 33.4 Å². The van der Waals surface area contributed by atoms with Crippen molar-refractivity contribution in [3.63, 3.8) is 0 Å². The van der Waals surface area contributed by atoms with E-state index in [0.717, 1.165) is 33.8 Å². The molecule has 112 valence electrons. The van der Waals surface area contributed by atoms with Crippen LogP contribution in [0.2, 0.25) is 0 Å². The van der Waals surface area contributed by atoms with Gasteiger partial charge in [0.25, 0.3) is 0 Å². The molecule has 0 bridgehead atoms. The van der Waals surface area contributed by atoms with Crippen molar-refractivity contribution in [2.24, 2.45) is 5.73 Å². The average molecular weight is 385 g/mol. The second-order valence-corrected chi connectivity index (χ2v) is 7.56. The zero-order valence-electron chi connectivity index (χ0n) is 11.9. The highest BCUT2D eigenvalue weighted by Crippen LogP contribution is 2.23. The number of hydrogen-bond acceptors (Lipinski definition) is 4. The number of thiocarbonyl (C=S) groups is 1. The van der Waals surface area contributed by atoms with Gasteiger partial charge in [-0.1, -0.05) is 18.3 Å². The van der Waals surface area contributed by atoms with Crippen LogP contribution in [-0.4, -0.2) is 24.0 Å². The highest BCUT2D eigenvalue weighted by atomic mass is 79.9. The number of hydrogen-bond donors (Lipinski definition) is 1. The van der Waals surface area contributed by atoms with E-state index in [1.54, 1.807) is 18.4 Å². The van der Waals surface area contributed by atoms with E-state index < -0.39 is 0 Å². The number of rotatable bonds is 6. The molecule has 0 atom stereocenters. The molecule has 1 aromatic carbocycles. The molecule has 3 nitrogen and oxygen atoms in total. The van der Waals surface area contributed by atoms with Crippen molar-refractivity contribution in [1.29, 1.82) is 0 Å². The molecule has 1 aromatic heterocycles. The Labute approximate surface area is 142 Å². The SMILES string of the molecule is COc1ccc(CN(C)Cc2csc(Br)c2)cc1C(N)=S. The Balaban J connectivity index is 2.08. The lowest BCUT2D eigenvalue weighted by Crippen LogP contribution is -2.18. The van der Waals surface area contributed by atoms with Crippen molar-refractivity contribution in [1.82, 2.24) is 4.90 Å². The first-order chi connectivity index (χ1) is 9.99. The summed E-state index contributed by atoms with van der Waals surface area (Å²) in [6.45, 7) is 1.73. The summed E-state index contributed by atoms with van der Waals surface area (Å²) in [6.07, 6.45) is 0. The fourth-order valence-corrected chi connectivity index (χ4v) is 3.51. The van der Waals surface area contributed by atoms with Gasteiger partial charge in [-0.3, -0.25) is 4.90 Å². The maximum Gasteiger partial charge on any atom is 0.129 e. The van der Waals surface area contributed by atoms with Gasteiger partial charge in [0.2, 0.25) is 0 Å². The van der Waals surface area contributed by atoms with E-state index in [0.29, 0.717) is 4.99 Å². The van der Waals surface area contributed by atoms with Gasteiger partial charge in [0.05, 0.1) is 16.5 Å². The first-order valence-corrected chi connectivity index (χ1v) is 8.46. The molecule has 0 aliphatic heterocycles. The van der Waals surface area contributed by atoms with Crippen molar-refractivity contribution in [2.45, 2.75) is 13.1 Å². The van der Waals surface area contributed by atoms with Crippen LogP contribution in [0.1, 0.15) is 16.7 Å². The number of thiophene rings is 1. The molecular weight excluding hydrogens is 368 g/mol. The molecule has 2 rings (SSSR count). The van der Waals surface area contributed by atoms with Gasteiger partial charge in [-0.25, -0.2) is 0 Å². The Kier molecular flexibility index (Phi) is 5.75. The number of methoxy groups -OCH3 is 1. The lowest BCUT2D eigenvalue weighted by molar-refractivity contribution is 0.319. The summed E-state index contributed by atoms with van der Waals surface area (Å²) in [5, 5.41) is 2.16. The smallest absolute Gasteiger partial charge is 0.129 e. The van der Waals surface area contributed by atoms with Gasteiger partial charge in [-0.05, 0) is 57.7 Å². The minimum atomic E-state index is 0.359. The predicted molar refractivity (Wildman–Crippen MR) is 96.1 cm³/mol. The van der Waals surface area contributed by atoms with Crippen LogP contribution >= 0.6 is 39.5 Å². The third kappa shape index (κ3) is 4.51. The maximum absolute atomic E-state index is 5.75. The Morgan fingerprint density at radius 1 is 1.33 bits per heavy atom. The van der Waals surface area contributed by atoms with Crippen LogP contribution in [0.25, 0.3) is 0 Å². The summed E-state index contributed by atoms with van der Waals surface area (Å²) < 4.78 is 6.44. The standard InChI is InChI=1S/C15H17BrN2OS2/c1-18(8-11-6-14(16)21-9-11)7-10-3-4-13(19-2)12(5-10)15(17)20/h3-6,9H,7-8H2,1-2H3,(H2,17,20). The molecule has 2 N–H and O–H groups in total. The summed E-state index contributed by atoms with van der Waals surface area (Å²) in [6, 6.07) is 8.11. The van der Waals surface area contributed by atoms with Gasteiger partial charge in [0.1, 0.15) is 10.7 Å². The first kappa shape index (κ1) is 16.4. The summed E-state index contributed by atoms with van der Waals surface area (Å²) >= 11 is 10.3. The molecule has 0 unspecified atom stereocenters. The van der Waals surface area contributed by atoms with Gasteiger partial charge in [0, 0.05) is 13.1 Å². The Bertz CT molecular complexity index is 642. The minimum absolute atomic E-state index is 0.359. The molecule has 0 saturated carbocycles. The second kappa shape index (κ2) is 7.35. The van der Waals surface area contributed by atoms with E-state index >= 15 is 0 Å². The van der Waals surface area contributed by atoms with Crippen LogP contribution in [0, 0.1) is 0 Å². The molecule has 0 aliphatic carbocycles. The van der Waals surface area contributed by atoms with E-state index in [1.807, 2.05) is 18.2 Å². The van der Waals surface area contributed by atoms with Crippen molar-refractivity contribution >= 4 is 44.5 Å². The van der Waals surface area contributed by atoms with E-state index in [1.165, 1.54) is 5.56 Å². The van der Waals surface area contributed by atoms with Crippen LogP contribution in [0.4, 0.5) is 0 Å². The van der Waals surface area contributed by atoms with Gasteiger partial charge < -0.3 is 10.5 Å². The number of benzene rings is 1. The highest BCUT2D eigenvalue weighted by Gasteiger charge is 2.09. The third-order valence-corrected chi connectivity index (χ3v) is 4.83. The van der Waals surface area contributed by atoms with E-state index in [9.17, 15) is 0 Å². The van der Waals surface area contributed by atoms with Crippen LogP contribution in [0.5, 0.6) is 5.75 Å². The third-order valence-electron chi connectivity index (χ3n) is 3.06. The topological polar surface area (TPSA) is 38.5 Å². The zero-order chi connectivity index (χ0) is 15.4. The van der Waals surface area contributed by atoms with E-state index in [2.05, 4.69) is 39.3 Å². The molecule has 0 radical (unpaired) electrons. The minimum Gasteiger partial charge on any atom is -0.496 e. The highest BCUT2D eigenvalue weighted by molar-refractivity contribution is 9.11. The monoisotopic (exact) mass is 384 g/mol. The first-order valence-electron chi connectivity index (χ1n) is 6.37. The Morgan fingerprint density at radius 3 is 2.62 bits per heavy atom. The Morgan fingerprint density at radius 2 is 2.05 bits per heavy atom. The predicted octanol–water partition coefficient (Wildman–Crippen LogP) is 3.79. The second-order valence-electron chi connectivity index (χ2n) is 4.83. The molecule has 1 heterocycles. The molecule has 6 heteroatoms. The fourth-order valence-electron chi connectivity index (χ4n) is 2.15. The normalized spacial score (nSPS) is 10.9. The van der Waals surface area contributed by atoms with Gasteiger partial charge in [0.15, 0.2) is 0 Å². The fraction of sp³-hybridized carbons (Fsp3) is 0.267. The maximum atomic E-state index is 5.75. The van der Waals surface area contributed by atoms with Crippen LogP contribution < -0.4 is 10.5 Å². The van der Waals surface area contributed by atoms with Gasteiger partial charge in [-0.15, -0.1) is 11.3 Å². The summed E-state index contributed by atoms with van der Waals surface area (Å²) in [4.78, 5) is 2.61. The van der Waals surface area contributed by atoms with Crippen molar-refractivity contribution in [2.75, 3.05) is 14.2 Å². The molecule has 2 aromatic rings. The number of nitrogens with two attached hydrogens (primary N) is 1. The van der Waals surface area contributed by atoms with Crippen LogP contribution in [0.3, 0.4) is 0 Å². The van der Waals surface area contributed by atoms with Crippen molar-refractivity contribution < 1.29 is 4.74 Å². The van der Waals surface area contributed by atoms with Gasteiger partial charge >= 0.3 is 0 Å². The van der Waals surface area contributed by atoms with Gasteiger partial charge in [-0.2, -0.15) is 0 Å². The average Bonchev–Trinajstić information content (AvgIpc) is 2.83. The van der Waals surface area contributed by atoms with E-state index in [4.69, 9.17) is 22.7 Å². The van der Waals surface area contributed by atoms with Crippen molar-refractivity contribution in [3.8, 4) is 5.75 Å². The lowest BCUT2D eigenvalue weighted by atomic mass is 10.1. The molecule has 0 saturated heterocycles. The molecule has 0 fully saturated rings. The van der Waals surface area contributed by atoms with E-state index in [-0.39, 0.29) is 0 Å². The summed E-state index contributed by atoms with van der Waals surface area (Å²) in [5.74, 6) is 0.718. The largest absolute Gasteiger partial charge is 0.496 e. The number of halogens is 1. The molecule has 21 heavy (non-hydrogen) atoms. The molecule has 0 amide bonds. The number of ether oxygens (including phenoxy) is 1. The quantitative estimate of drug-likeness (QED) is 0.768. The number of nitrogens with zero attached hydrogens (tertiary/aromatic N) is 1. The lowest BCUT2D eigenvalue weighted by Gasteiger charge is -2.17. The Hall–Kier alpha value is -0.950. The molecule has 0 aliphatic rings. The molecular formula is C15H17BrN2OS2. The molecule has 0 spiro atoms. The summed E-state index contributed by atoms with van der Waals surface area (Å²) in [5.41, 5.74) is 9.00. The van der Waals surface area contributed by atoms with Crippen LogP contribution in [-0.2, 0) is 13.1 Å². The van der Waals surface area contributed by atoms with Crippen molar-refractivity contribution in [3.05, 3.63) is 50.1 Å². The summed E-state index contributed by atoms with van der Waals surface area (Å²) in [7, 11) is 3.72. The zero-order valence-corrected chi connectivity index (χ0v) is 15.1.